The monoisotopic (exact) mass is 199 g/mol. The predicted molar refractivity (Wildman–Crippen MR) is 56.1 cm³/mol. The highest BCUT2D eigenvalue weighted by Crippen LogP contribution is 2.28. The molecule has 1 unspecified atom stereocenters. The third kappa shape index (κ3) is 3.99. The second-order valence-corrected chi connectivity index (χ2v) is 5.27. The van der Waals surface area contributed by atoms with Crippen molar-refractivity contribution in [2.75, 3.05) is 6.61 Å². The standard InChI is InChI=1S/C11H21NO2/c1-8(11(2,3)4)12-10(13)14-7-9-5-6-9/h8-9H,5-7H2,1-4H3,(H,12,13). The molecule has 3 heteroatoms. The van der Waals surface area contributed by atoms with E-state index in [1.165, 1.54) is 12.8 Å². The molecule has 0 heterocycles. The lowest BCUT2D eigenvalue weighted by Crippen LogP contribution is -2.41. The maximum atomic E-state index is 11.3. The van der Waals surface area contributed by atoms with E-state index in [-0.39, 0.29) is 17.6 Å². The molecular formula is C11H21NO2. The van der Waals surface area contributed by atoms with Crippen LogP contribution >= 0.6 is 0 Å². The minimum atomic E-state index is -0.278. The molecule has 1 aliphatic carbocycles. The molecule has 1 aliphatic rings. The van der Waals surface area contributed by atoms with E-state index < -0.39 is 0 Å². The van der Waals surface area contributed by atoms with E-state index in [1.54, 1.807) is 0 Å². The lowest BCUT2D eigenvalue weighted by atomic mass is 9.88. The van der Waals surface area contributed by atoms with Crippen LogP contribution in [0.15, 0.2) is 0 Å². The Kier molecular flexibility index (Phi) is 3.40. The van der Waals surface area contributed by atoms with Crippen LogP contribution in [0.5, 0.6) is 0 Å². The molecule has 1 amide bonds. The van der Waals surface area contributed by atoms with Gasteiger partial charge in [0, 0.05) is 6.04 Å². The van der Waals surface area contributed by atoms with Crippen molar-refractivity contribution in [1.82, 2.24) is 5.32 Å². The summed E-state index contributed by atoms with van der Waals surface area (Å²) in [6.45, 7) is 8.87. The van der Waals surface area contributed by atoms with Crippen LogP contribution < -0.4 is 5.32 Å². The second kappa shape index (κ2) is 4.20. The molecule has 82 valence electrons. The van der Waals surface area contributed by atoms with E-state index in [2.05, 4.69) is 26.1 Å². The number of nitrogens with one attached hydrogen (secondary N) is 1. The molecule has 0 aromatic carbocycles. The van der Waals surface area contributed by atoms with Gasteiger partial charge < -0.3 is 10.1 Å². The summed E-state index contributed by atoms with van der Waals surface area (Å²) in [5.74, 6) is 0.630. The molecule has 1 rings (SSSR count). The quantitative estimate of drug-likeness (QED) is 0.758. The number of rotatable bonds is 3. The van der Waals surface area contributed by atoms with Crippen LogP contribution in [-0.2, 0) is 4.74 Å². The largest absolute Gasteiger partial charge is 0.449 e. The molecule has 0 saturated heterocycles. The topological polar surface area (TPSA) is 38.3 Å². The first-order chi connectivity index (χ1) is 6.39. The number of carbonyl (C=O) groups excluding carboxylic acids is 1. The van der Waals surface area contributed by atoms with Gasteiger partial charge in [-0.2, -0.15) is 0 Å². The van der Waals surface area contributed by atoms with Crippen LogP contribution in [0.25, 0.3) is 0 Å². The van der Waals surface area contributed by atoms with Crippen molar-refractivity contribution < 1.29 is 9.53 Å². The third-order valence-electron chi connectivity index (χ3n) is 2.78. The summed E-state index contributed by atoms with van der Waals surface area (Å²) in [6.07, 6.45) is 2.14. The Labute approximate surface area is 86.2 Å². The van der Waals surface area contributed by atoms with Gasteiger partial charge in [-0.3, -0.25) is 0 Å². The Bertz CT molecular complexity index is 204. The summed E-state index contributed by atoms with van der Waals surface area (Å²) in [4.78, 5) is 11.3. The van der Waals surface area contributed by atoms with Crippen LogP contribution in [0, 0.1) is 11.3 Å². The van der Waals surface area contributed by atoms with Gasteiger partial charge in [0.25, 0.3) is 0 Å². The Morgan fingerprint density at radius 3 is 2.50 bits per heavy atom. The Morgan fingerprint density at radius 1 is 1.50 bits per heavy atom. The second-order valence-electron chi connectivity index (χ2n) is 5.27. The molecule has 0 aromatic rings. The first-order valence-corrected chi connectivity index (χ1v) is 5.33. The smallest absolute Gasteiger partial charge is 0.407 e. The average Bonchev–Trinajstić information content (AvgIpc) is 2.81. The highest BCUT2D eigenvalue weighted by Gasteiger charge is 2.25. The zero-order valence-corrected chi connectivity index (χ0v) is 9.59. The highest BCUT2D eigenvalue weighted by atomic mass is 16.5. The third-order valence-corrected chi connectivity index (χ3v) is 2.78. The molecule has 1 atom stereocenters. The van der Waals surface area contributed by atoms with Crippen molar-refractivity contribution in [3.8, 4) is 0 Å². The van der Waals surface area contributed by atoms with Crippen LogP contribution in [-0.4, -0.2) is 18.7 Å². The molecular weight excluding hydrogens is 178 g/mol. The van der Waals surface area contributed by atoms with Crippen molar-refractivity contribution in [2.24, 2.45) is 11.3 Å². The maximum Gasteiger partial charge on any atom is 0.407 e. The van der Waals surface area contributed by atoms with Gasteiger partial charge in [-0.15, -0.1) is 0 Å². The minimum absolute atomic E-state index is 0.0819. The van der Waals surface area contributed by atoms with Crippen molar-refractivity contribution >= 4 is 6.09 Å². The maximum absolute atomic E-state index is 11.3. The van der Waals surface area contributed by atoms with Crippen LogP contribution in [0.3, 0.4) is 0 Å². The van der Waals surface area contributed by atoms with Crippen LogP contribution in [0.4, 0.5) is 4.79 Å². The summed E-state index contributed by atoms with van der Waals surface area (Å²) in [5, 5.41) is 2.84. The summed E-state index contributed by atoms with van der Waals surface area (Å²) in [7, 11) is 0. The van der Waals surface area contributed by atoms with Gasteiger partial charge in [0.05, 0.1) is 6.61 Å². The lowest BCUT2D eigenvalue weighted by molar-refractivity contribution is 0.129. The van der Waals surface area contributed by atoms with Gasteiger partial charge >= 0.3 is 6.09 Å². The van der Waals surface area contributed by atoms with Gasteiger partial charge in [-0.1, -0.05) is 20.8 Å². The van der Waals surface area contributed by atoms with Gasteiger partial charge in [0.15, 0.2) is 0 Å². The summed E-state index contributed by atoms with van der Waals surface area (Å²) >= 11 is 0. The van der Waals surface area contributed by atoms with Crippen molar-refractivity contribution in [1.29, 1.82) is 0 Å². The molecule has 0 spiro atoms. The van der Waals surface area contributed by atoms with Crippen molar-refractivity contribution in [2.45, 2.75) is 46.6 Å². The predicted octanol–water partition coefficient (Wildman–Crippen LogP) is 2.56. The Balaban J connectivity index is 2.18. The first-order valence-electron chi connectivity index (χ1n) is 5.33. The van der Waals surface area contributed by atoms with Crippen LogP contribution in [0.2, 0.25) is 0 Å². The van der Waals surface area contributed by atoms with Gasteiger partial charge in [-0.25, -0.2) is 4.79 Å². The summed E-state index contributed by atoms with van der Waals surface area (Å²) in [6, 6.07) is 0.134. The first kappa shape index (κ1) is 11.3. The van der Waals surface area contributed by atoms with Crippen molar-refractivity contribution in [3.05, 3.63) is 0 Å². The highest BCUT2D eigenvalue weighted by molar-refractivity contribution is 5.67. The van der Waals surface area contributed by atoms with Gasteiger partial charge in [0.1, 0.15) is 0 Å². The number of amides is 1. The summed E-state index contributed by atoms with van der Waals surface area (Å²) < 4.78 is 5.08. The lowest BCUT2D eigenvalue weighted by Gasteiger charge is -2.27. The minimum Gasteiger partial charge on any atom is -0.449 e. The normalized spacial score (nSPS) is 18.9. The fraction of sp³-hybridized carbons (Fsp3) is 0.909. The fourth-order valence-electron chi connectivity index (χ4n) is 0.913. The number of ether oxygens (including phenoxy) is 1. The fourth-order valence-corrected chi connectivity index (χ4v) is 0.913. The van der Waals surface area contributed by atoms with E-state index in [0.717, 1.165) is 0 Å². The van der Waals surface area contributed by atoms with E-state index in [0.29, 0.717) is 12.5 Å². The molecule has 1 saturated carbocycles. The van der Waals surface area contributed by atoms with Gasteiger partial charge in [0.2, 0.25) is 0 Å². The number of hydrogen-bond acceptors (Lipinski definition) is 2. The molecule has 1 N–H and O–H groups in total. The van der Waals surface area contributed by atoms with E-state index >= 15 is 0 Å². The molecule has 0 radical (unpaired) electrons. The molecule has 1 fully saturated rings. The Hall–Kier alpha value is -0.730. The molecule has 0 aromatic heterocycles. The van der Waals surface area contributed by atoms with Crippen LogP contribution in [0.1, 0.15) is 40.5 Å². The van der Waals surface area contributed by atoms with Crippen molar-refractivity contribution in [3.63, 3.8) is 0 Å². The molecule has 3 nitrogen and oxygen atoms in total. The number of carbonyl (C=O) groups is 1. The molecule has 0 aliphatic heterocycles. The molecule has 0 bridgehead atoms. The average molecular weight is 199 g/mol. The van der Waals surface area contributed by atoms with E-state index in [4.69, 9.17) is 4.74 Å². The van der Waals surface area contributed by atoms with Gasteiger partial charge in [-0.05, 0) is 31.1 Å². The molecule has 14 heavy (non-hydrogen) atoms. The van der Waals surface area contributed by atoms with E-state index in [1.807, 2.05) is 6.92 Å². The zero-order valence-electron chi connectivity index (χ0n) is 9.59. The van der Waals surface area contributed by atoms with E-state index in [9.17, 15) is 4.79 Å². The summed E-state index contributed by atoms with van der Waals surface area (Å²) in [5.41, 5.74) is 0.0819. The Morgan fingerprint density at radius 2 is 2.07 bits per heavy atom. The zero-order chi connectivity index (χ0) is 10.8. The number of alkyl carbamates (subject to hydrolysis) is 1. The SMILES string of the molecule is CC(NC(=O)OCC1CC1)C(C)(C)C. The number of hydrogen-bond donors (Lipinski definition) is 1.